The quantitative estimate of drug-likeness (QED) is 0.542. The molecule has 9 heteroatoms. The molecular formula is C22H25N5O4. The second-order valence-electron chi connectivity index (χ2n) is 7.06. The van der Waals surface area contributed by atoms with Crippen molar-refractivity contribution >= 4 is 34.9 Å². The van der Waals surface area contributed by atoms with Gasteiger partial charge in [-0.25, -0.2) is 4.79 Å². The van der Waals surface area contributed by atoms with E-state index in [9.17, 15) is 14.4 Å². The number of benzene rings is 2. The Balaban J connectivity index is 1.71. The Morgan fingerprint density at radius 2 is 1.84 bits per heavy atom. The number of esters is 1. The molecule has 1 aliphatic heterocycles. The van der Waals surface area contributed by atoms with Crippen molar-refractivity contribution in [1.29, 1.82) is 0 Å². The van der Waals surface area contributed by atoms with E-state index >= 15 is 0 Å². The molecule has 162 valence electrons. The van der Waals surface area contributed by atoms with Gasteiger partial charge in [0.1, 0.15) is 11.8 Å². The highest BCUT2D eigenvalue weighted by molar-refractivity contribution is 6.38. The minimum atomic E-state index is -0.810. The van der Waals surface area contributed by atoms with Gasteiger partial charge in [0.05, 0.1) is 12.3 Å². The molecule has 1 heterocycles. The zero-order chi connectivity index (χ0) is 22.4. The SMILES string of the molecule is CCOC(=O)C1=NN(c2ccccc2)C(C(=O)NNC(=O)c2cccc(N(C)C)c2)C1. The lowest BCUT2D eigenvalue weighted by molar-refractivity contribution is -0.135. The number of para-hydroxylation sites is 1. The van der Waals surface area contributed by atoms with E-state index in [-0.39, 0.29) is 18.7 Å². The fourth-order valence-corrected chi connectivity index (χ4v) is 3.07. The van der Waals surface area contributed by atoms with Crippen molar-refractivity contribution in [3.8, 4) is 0 Å². The van der Waals surface area contributed by atoms with Crippen LogP contribution in [0, 0.1) is 0 Å². The molecule has 0 spiro atoms. The largest absolute Gasteiger partial charge is 0.461 e. The monoisotopic (exact) mass is 423 g/mol. The summed E-state index contributed by atoms with van der Waals surface area (Å²) in [5.74, 6) is -1.51. The predicted molar refractivity (Wildman–Crippen MR) is 118 cm³/mol. The summed E-state index contributed by atoms with van der Waals surface area (Å²) in [6.07, 6.45) is 0.0611. The second kappa shape index (κ2) is 9.75. The van der Waals surface area contributed by atoms with Crippen molar-refractivity contribution in [3.63, 3.8) is 0 Å². The molecule has 2 aromatic carbocycles. The van der Waals surface area contributed by atoms with Gasteiger partial charge in [-0.15, -0.1) is 0 Å². The number of carbonyl (C=O) groups is 3. The summed E-state index contributed by atoms with van der Waals surface area (Å²) < 4.78 is 5.02. The van der Waals surface area contributed by atoms with Crippen LogP contribution in [0.5, 0.6) is 0 Å². The van der Waals surface area contributed by atoms with Crippen LogP contribution < -0.4 is 20.8 Å². The first-order valence-corrected chi connectivity index (χ1v) is 9.87. The summed E-state index contributed by atoms with van der Waals surface area (Å²) in [4.78, 5) is 39.4. The normalized spacial score (nSPS) is 15.1. The van der Waals surface area contributed by atoms with Gasteiger partial charge < -0.3 is 9.64 Å². The molecule has 1 unspecified atom stereocenters. The van der Waals surface area contributed by atoms with E-state index < -0.39 is 23.8 Å². The summed E-state index contributed by atoms with van der Waals surface area (Å²) in [6, 6.07) is 15.2. The third-order valence-electron chi connectivity index (χ3n) is 4.67. The first-order chi connectivity index (χ1) is 14.9. The third-order valence-corrected chi connectivity index (χ3v) is 4.67. The molecule has 2 aromatic rings. The van der Waals surface area contributed by atoms with Crippen LogP contribution in [0.2, 0.25) is 0 Å². The minimum absolute atomic E-state index is 0.0611. The lowest BCUT2D eigenvalue weighted by atomic mass is 10.1. The van der Waals surface area contributed by atoms with Gasteiger partial charge in [0, 0.05) is 31.8 Å². The molecule has 0 bridgehead atoms. The van der Waals surface area contributed by atoms with Gasteiger partial charge in [-0.05, 0) is 37.3 Å². The maximum Gasteiger partial charge on any atom is 0.354 e. The topological polar surface area (TPSA) is 103 Å². The Morgan fingerprint density at radius 3 is 2.52 bits per heavy atom. The van der Waals surface area contributed by atoms with Gasteiger partial charge in [0.2, 0.25) is 0 Å². The maximum atomic E-state index is 12.9. The molecule has 0 fully saturated rings. The van der Waals surface area contributed by atoms with Gasteiger partial charge in [-0.3, -0.25) is 25.4 Å². The van der Waals surface area contributed by atoms with Crippen molar-refractivity contribution < 1.29 is 19.1 Å². The average Bonchev–Trinajstić information content (AvgIpc) is 3.24. The molecule has 0 aliphatic carbocycles. The molecule has 0 radical (unpaired) electrons. The molecule has 1 atom stereocenters. The minimum Gasteiger partial charge on any atom is -0.461 e. The van der Waals surface area contributed by atoms with Crippen LogP contribution in [0.4, 0.5) is 11.4 Å². The first kappa shape index (κ1) is 21.8. The highest BCUT2D eigenvalue weighted by Crippen LogP contribution is 2.25. The number of nitrogens with one attached hydrogen (secondary N) is 2. The van der Waals surface area contributed by atoms with E-state index in [2.05, 4.69) is 16.0 Å². The van der Waals surface area contributed by atoms with Crippen molar-refractivity contribution in [3.05, 3.63) is 60.2 Å². The second-order valence-corrected chi connectivity index (χ2v) is 7.06. The van der Waals surface area contributed by atoms with E-state index in [4.69, 9.17) is 4.74 Å². The Labute approximate surface area is 180 Å². The zero-order valence-corrected chi connectivity index (χ0v) is 17.7. The number of rotatable bonds is 6. The average molecular weight is 423 g/mol. The summed E-state index contributed by atoms with van der Waals surface area (Å²) >= 11 is 0. The van der Waals surface area contributed by atoms with E-state index in [1.165, 1.54) is 5.01 Å². The summed E-state index contributed by atoms with van der Waals surface area (Å²) in [6.45, 7) is 1.91. The van der Waals surface area contributed by atoms with Gasteiger partial charge in [-0.1, -0.05) is 24.3 Å². The maximum absolute atomic E-state index is 12.9. The number of anilines is 2. The Bertz CT molecular complexity index is 990. The zero-order valence-electron chi connectivity index (χ0n) is 17.7. The van der Waals surface area contributed by atoms with E-state index in [0.29, 0.717) is 11.3 Å². The molecule has 31 heavy (non-hydrogen) atoms. The molecular weight excluding hydrogens is 398 g/mol. The number of carbonyl (C=O) groups excluding carboxylic acids is 3. The Hall–Kier alpha value is -3.88. The van der Waals surface area contributed by atoms with Crippen LogP contribution in [-0.4, -0.2) is 50.2 Å². The van der Waals surface area contributed by atoms with Crippen LogP contribution in [0.25, 0.3) is 0 Å². The standard InChI is InChI=1S/C22H25N5O4/c1-4-31-22(30)18-14-19(27(25-18)16-10-6-5-7-11-16)21(29)24-23-20(28)15-9-8-12-17(13-15)26(2)3/h5-13,19H,4,14H2,1-3H3,(H,23,28)(H,24,29). The summed E-state index contributed by atoms with van der Waals surface area (Å²) in [5, 5.41) is 5.75. The van der Waals surface area contributed by atoms with Crippen LogP contribution in [0.3, 0.4) is 0 Å². The van der Waals surface area contributed by atoms with Crippen molar-refractivity contribution in [2.75, 3.05) is 30.6 Å². The Kier molecular flexibility index (Phi) is 6.86. The fraction of sp³-hybridized carbons (Fsp3) is 0.273. The highest BCUT2D eigenvalue weighted by Gasteiger charge is 2.37. The molecule has 2 amide bonds. The van der Waals surface area contributed by atoms with Crippen molar-refractivity contribution in [2.24, 2.45) is 5.10 Å². The number of hydrazone groups is 1. The summed E-state index contributed by atoms with van der Waals surface area (Å²) in [5.41, 5.74) is 6.93. The lowest BCUT2D eigenvalue weighted by Crippen LogP contribution is -2.50. The van der Waals surface area contributed by atoms with Crippen molar-refractivity contribution in [1.82, 2.24) is 10.9 Å². The van der Waals surface area contributed by atoms with Crippen LogP contribution in [0.1, 0.15) is 23.7 Å². The molecule has 9 nitrogen and oxygen atoms in total. The van der Waals surface area contributed by atoms with Gasteiger partial charge in [-0.2, -0.15) is 5.10 Å². The molecule has 0 saturated heterocycles. The van der Waals surface area contributed by atoms with Crippen LogP contribution in [-0.2, 0) is 14.3 Å². The predicted octanol–water partition coefficient (Wildman–Crippen LogP) is 1.71. The van der Waals surface area contributed by atoms with E-state index in [1.807, 2.05) is 43.3 Å². The van der Waals surface area contributed by atoms with Gasteiger partial charge in [0.25, 0.3) is 11.8 Å². The molecule has 0 saturated carbocycles. The molecule has 0 aromatic heterocycles. The molecule has 3 rings (SSSR count). The van der Waals surface area contributed by atoms with Gasteiger partial charge in [0.15, 0.2) is 0 Å². The van der Waals surface area contributed by atoms with Crippen LogP contribution >= 0.6 is 0 Å². The smallest absolute Gasteiger partial charge is 0.354 e. The fourth-order valence-electron chi connectivity index (χ4n) is 3.07. The first-order valence-electron chi connectivity index (χ1n) is 9.87. The third kappa shape index (κ3) is 5.19. The number of hydrogen-bond donors (Lipinski definition) is 2. The number of nitrogens with zero attached hydrogens (tertiary/aromatic N) is 3. The van der Waals surface area contributed by atoms with Crippen molar-refractivity contribution in [2.45, 2.75) is 19.4 Å². The molecule has 2 N–H and O–H groups in total. The van der Waals surface area contributed by atoms with E-state index in [1.54, 1.807) is 37.3 Å². The lowest BCUT2D eigenvalue weighted by Gasteiger charge is -2.22. The highest BCUT2D eigenvalue weighted by atomic mass is 16.5. The summed E-state index contributed by atoms with van der Waals surface area (Å²) in [7, 11) is 3.75. The number of ether oxygens (including phenoxy) is 1. The number of amides is 2. The van der Waals surface area contributed by atoms with E-state index in [0.717, 1.165) is 5.69 Å². The molecule has 1 aliphatic rings. The van der Waals surface area contributed by atoms with Crippen LogP contribution in [0.15, 0.2) is 59.7 Å². The van der Waals surface area contributed by atoms with Gasteiger partial charge >= 0.3 is 5.97 Å². The number of hydrazine groups is 1. The Morgan fingerprint density at radius 1 is 1.10 bits per heavy atom. The number of hydrogen-bond acceptors (Lipinski definition) is 7.